The molecule has 0 aliphatic carbocycles. The molecule has 15 heavy (non-hydrogen) atoms. The summed E-state index contributed by atoms with van der Waals surface area (Å²) in [6.45, 7) is 0. The number of nitrogen functional groups attached to an aromatic ring is 1. The Kier molecular flexibility index (Phi) is 2.84. The van der Waals surface area contributed by atoms with E-state index in [1.165, 1.54) is 6.26 Å². The van der Waals surface area contributed by atoms with Crippen molar-refractivity contribution in [2.45, 2.75) is 6.42 Å². The molecule has 0 saturated heterocycles. The van der Waals surface area contributed by atoms with Crippen molar-refractivity contribution in [1.82, 2.24) is 4.98 Å². The van der Waals surface area contributed by atoms with Crippen molar-refractivity contribution in [3.8, 4) is 0 Å². The first-order chi connectivity index (χ1) is 7.15. The molecule has 0 unspecified atom stereocenters. The Morgan fingerprint density at radius 2 is 2.13 bits per heavy atom. The van der Waals surface area contributed by atoms with Crippen LogP contribution >= 0.6 is 23.2 Å². The Morgan fingerprint density at radius 3 is 2.73 bits per heavy atom. The van der Waals surface area contributed by atoms with Crippen LogP contribution in [0.4, 0.5) is 6.01 Å². The number of benzene rings is 1. The quantitative estimate of drug-likeness (QED) is 0.881. The third-order valence-electron chi connectivity index (χ3n) is 1.96. The summed E-state index contributed by atoms with van der Waals surface area (Å²) in [5, 5.41) is 1.23. The van der Waals surface area contributed by atoms with Gasteiger partial charge in [-0.1, -0.05) is 29.3 Å². The SMILES string of the molecule is Nc1nc(Cc2ccc(Cl)cc2Cl)co1. The van der Waals surface area contributed by atoms with Gasteiger partial charge in [-0.05, 0) is 17.7 Å². The van der Waals surface area contributed by atoms with E-state index in [1.54, 1.807) is 12.1 Å². The monoisotopic (exact) mass is 242 g/mol. The molecule has 0 saturated carbocycles. The summed E-state index contributed by atoms with van der Waals surface area (Å²) >= 11 is 11.8. The van der Waals surface area contributed by atoms with Crippen LogP contribution in [-0.4, -0.2) is 4.98 Å². The lowest BCUT2D eigenvalue weighted by Crippen LogP contribution is -1.91. The van der Waals surface area contributed by atoms with Crippen LogP contribution in [0.2, 0.25) is 10.0 Å². The van der Waals surface area contributed by atoms with Crippen molar-refractivity contribution < 1.29 is 4.42 Å². The predicted octanol–water partition coefficient (Wildman–Crippen LogP) is 3.15. The van der Waals surface area contributed by atoms with Gasteiger partial charge in [-0.15, -0.1) is 0 Å². The van der Waals surface area contributed by atoms with Gasteiger partial charge in [-0.2, -0.15) is 4.98 Å². The summed E-state index contributed by atoms with van der Waals surface area (Å²) in [5.41, 5.74) is 7.05. The summed E-state index contributed by atoms with van der Waals surface area (Å²) in [6, 6.07) is 5.50. The Morgan fingerprint density at radius 1 is 1.33 bits per heavy atom. The molecule has 2 N–H and O–H groups in total. The van der Waals surface area contributed by atoms with Crippen molar-refractivity contribution >= 4 is 29.2 Å². The van der Waals surface area contributed by atoms with E-state index in [9.17, 15) is 0 Å². The highest BCUT2D eigenvalue weighted by atomic mass is 35.5. The zero-order valence-corrected chi connectivity index (χ0v) is 9.22. The van der Waals surface area contributed by atoms with Gasteiger partial charge in [0.1, 0.15) is 6.26 Å². The predicted molar refractivity (Wildman–Crippen MR) is 60.2 cm³/mol. The van der Waals surface area contributed by atoms with Gasteiger partial charge in [0.2, 0.25) is 0 Å². The zero-order chi connectivity index (χ0) is 10.8. The normalized spacial score (nSPS) is 10.5. The van der Waals surface area contributed by atoms with Crippen LogP contribution in [0.1, 0.15) is 11.3 Å². The van der Waals surface area contributed by atoms with Gasteiger partial charge in [0, 0.05) is 16.5 Å². The average Bonchev–Trinajstić information content (AvgIpc) is 2.56. The molecule has 5 heteroatoms. The largest absolute Gasteiger partial charge is 0.432 e. The average molecular weight is 243 g/mol. The second-order valence-corrected chi connectivity index (χ2v) is 3.93. The zero-order valence-electron chi connectivity index (χ0n) is 7.71. The lowest BCUT2D eigenvalue weighted by molar-refractivity contribution is 0.579. The second-order valence-electron chi connectivity index (χ2n) is 3.09. The van der Waals surface area contributed by atoms with Crippen molar-refractivity contribution in [3.05, 3.63) is 45.8 Å². The van der Waals surface area contributed by atoms with E-state index < -0.39 is 0 Å². The molecule has 0 fully saturated rings. The van der Waals surface area contributed by atoms with Gasteiger partial charge in [0.15, 0.2) is 0 Å². The van der Waals surface area contributed by atoms with Crippen molar-refractivity contribution in [2.75, 3.05) is 5.73 Å². The molecule has 0 radical (unpaired) electrons. The van der Waals surface area contributed by atoms with Crippen molar-refractivity contribution in [3.63, 3.8) is 0 Å². The fourth-order valence-corrected chi connectivity index (χ4v) is 1.74. The summed E-state index contributed by atoms with van der Waals surface area (Å²) in [7, 11) is 0. The molecular formula is C10H8Cl2N2O. The van der Waals surface area contributed by atoms with Gasteiger partial charge in [0.05, 0.1) is 5.69 Å². The number of anilines is 1. The van der Waals surface area contributed by atoms with E-state index in [2.05, 4.69) is 4.98 Å². The number of nitrogens with zero attached hydrogens (tertiary/aromatic N) is 1. The molecule has 1 heterocycles. The maximum atomic E-state index is 6.01. The molecule has 78 valence electrons. The van der Waals surface area contributed by atoms with Gasteiger partial charge in [0.25, 0.3) is 6.01 Å². The molecule has 0 bridgehead atoms. The summed E-state index contributed by atoms with van der Waals surface area (Å²) < 4.78 is 4.90. The van der Waals surface area contributed by atoms with E-state index >= 15 is 0 Å². The van der Waals surface area contributed by atoms with Crippen LogP contribution in [0.25, 0.3) is 0 Å². The lowest BCUT2D eigenvalue weighted by atomic mass is 10.1. The van der Waals surface area contributed by atoms with Crippen molar-refractivity contribution in [2.24, 2.45) is 0 Å². The number of hydrogen-bond acceptors (Lipinski definition) is 3. The number of oxazole rings is 1. The number of aromatic nitrogens is 1. The highest BCUT2D eigenvalue weighted by Crippen LogP contribution is 2.23. The first-order valence-electron chi connectivity index (χ1n) is 4.29. The van der Waals surface area contributed by atoms with E-state index in [0.717, 1.165) is 11.3 Å². The molecule has 0 amide bonds. The van der Waals surface area contributed by atoms with Crippen LogP contribution in [0.15, 0.2) is 28.9 Å². The smallest absolute Gasteiger partial charge is 0.292 e. The van der Waals surface area contributed by atoms with E-state index in [1.807, 2.05) is 6.07 Å². The molecule has 0 atom stereocenters. The number of hydrogen-bond donors (Lipinski definition) is 1. The molecule has 0 spiro atoms. The molecular weight excluding hydrogens is 235 g/mol. The molecule has 3 nitrogen and oxygen atoms in total. The highest BCUT2D eigenvalue weighted by Gasteiger charge is 2.06. The summed E-state index contributed by atoms with van der Waals surface area (Å²) in [5.74, 6) is 0. The van der Waals surface area contributed by atoms with Crippen LogP contribution in [-0.2, 0) is 6.42 Å². The topological polar surface area (TPSA) is 52.0 Å². The molecule has 1 aromatic heterocycles. The number of halogens is 2. The maximum absolute atomic E-state index is 6.01. The van der Waals surface area contributed by atoms with Crippen LogP contribution < -0.4 is 5.73 Å². The number of nitrogens with two attached hydrogens (primary N) is 1. The van der Waals surface area contributed by atoms with Gasteiger partial charge < -0.3 is 10.2 Å². The minimum absolute atomic E-state index is 0.162. The van der Waals surface area contributed by atoms with Gasteiger partial charge in [-0.3, -0.25) is 0 Å². The fraction of sp³-hybridized carbons (Fsp3) is 0.100. The Bertz CT molecular complexity index is 482. The second kappa shape index (κ2) is 4.13. The van der Waals surface area contributed by atoms with E-state index in [0.29, 0.717) is 16.5 Å². The van der Waals surface area contributed by atoms with Crippen LogP contribution in [0.5, 0.6) is 0 Å². The van der Waals surface area contributed by atoms with Crippen molar-refractivity contribution in [1.29, 1.82) is 0 Å². The molecule has 0 aliphatic rings. The van der Waals surface area contributed by atoms with E-state index in [-0.39, 0.29) is 6.01 Å². The van der Waals surface area contributed by atoms with E-state index in [4.69, 9.17) is 33.4 Å². The third kappa shape index (κ3) is 2.43. The van der Waals surface area contributed by atoms with Gasteiger partial charge in [-0.25, -0.2) is 0 Å². The minimum atomic E-state index is 0.162. The Hall–Kier alpha value is -1.19. The van der Waals surface area contributed by atoms with Crippen LogP contribution in [0.3, 0.4) is 0 Å². The minimum Gasteiger partial charge on any atom is -0.432 e. The van der Waals surface area contributed by atoms with Gasteiger partial charge >= 0.3 is 0 Å². The van der Waals surface area contributed by atoms with Crippen LogP contribution in [0, 0.1) is 0 Å². The standard InChI is InChI=1S/C10H8Cl2N2O/c11-7-2-1-6(9(12)4-7)3-8-5-15-10(13)14-8/h1-2,4-5H,3H2,(H2,13,14). The first-order valence-corrected chi connectivity index (χ1v) is 5.04. The summed E-state index contributed by atoms with van der Waals surface area (Å²) in [6.07, 6.45) is 2.09. The fourth-order valence-electron chi connectivity index (χ4n) is 1.26. The molecule has 0 aliphatic heterocycles. The molecule has 2 aromatic rings. The third-order valence-corrected chi connectivity index (χ3v) is 2.54. The maximum Gasteiger partial charge on any atom is 0.292 e. The molecule has 1 aromatic carbocycles. The first kappa shape index (κ1) is 10.3. The Balaban J connectivity index is 2.24. The Labute approximate surface area is 96.8 Å². The molecule has 2 rings (SSSR count). The highest BCUT2D eigenvalue weighted by molar-refractivity contribution is 6.35. The number of rotatable bonds is 2. The summed E-state index contributed by atoms with van der Waals surface area (Å²) in [4.78, 5) is 3.99. The lowest BCUT2D eigenvalue weighted by Gasteiger charge is -2.01.